The van der Waals surface area contributed by atoms with Crippen LogP contribution in [0.2, 0.25) is 5.02 Å². The first-order chi connectivity index (χ1) is 8.56. The highest BCUT2D eigenvalue weighted by molar-refractivity contribution is 6.33. The van der Waals surface area contributed by atoms with Gasteiger partial charge in [-0.1, -0.05) is 25.4 Å². The Hall–Kier alpha value is -1.26. The number of anilines is 2. The van der Waals surface area contributed by atoms with E-state index in [0.717, 1.165) is 19.6 Å². The molecule has 1 aromatic rings. The molecule has 0 spiro atoms. The van der Waals surface area contributed by atoms with E-state index in [9.17, 15) is 4.79 Å². The number of nitrogens with one attached hydrogen (secondary N) is 1. The van der Waals surface area contributed by atoms with Crippen LogP contribution in [0.3, 0.4) is 0 Å². The molecule has 0 unspecified atom stereocenters. The number of carbonyl (C=O) groups is 1. The number of hydrogen-bond acceptors (Lipinski definition) is 3. The third kappa shape index (κ3) is 4.55. The Labute approximate surface area is 113 Å². The Morgan fingerprint density at radius 1 is 1.39 bits per heavy atom. The number of benzene rings is 1. The van der Waals surface area contributed by atoms with Crippen molar-refractivity contribution < 1.29 is 4.79 Å². The molecule has 4 nitrogen and oxygen atoms in total. The maximum Gasteiger partial charge on any atom is 0.225 e. The molecular formula is C13H20ClN3O. The zero-order valence-electron chi connectivity index (χ0n) is 10.9. The summed E-state index contributed by atoms with van der Waals surface area (Å²) in [6, 6.07) is 5.09. The maximum absolute atomic E-state index is 11.7. The molecule has 0 aliphatic rings. The first kappa shape index (κ1) is 14.8. The second-order valence-corrected chi connectivity index (χ2v) is 4.47. The van der Waals surface area contributed by atoms with Crippen molar-refractivity contribution in [1.82, 2.24) is 4.90 Å². The van der Waals surface area contributed by atoms with Gasteiger partial charge in [0.25, 0.3) is 0 Å². The number of rotatable bonds is 6. The van der Waals surface area contributed by atoms with Crippen molar-refractivity contribution >= 4 is 28.9 Å². The Morgan fingerprint density at radius 3 is 2.61 bits per heavy atom. The van der Waals surface area contributed by atoms with Crippen molar-refractivity contribution in [1.29, 1.82) is 0 Å². The van der Waals surface area contributed by atoms with Crippen molar-refractivity contribution in [2.75, 3.05) is 30.7 Å². The van der Waals surface area contributed by atoms with Crippen LogP contribution in [0.15, 0.2) is 18.2 Å². The number of hydrogen-bond donors (Lipinski definition) is 2. The highest BCUT2D eigenvalue weighted by atomic mass is 35.5. The molecule has 0 aliphatic heterocycles. The fourth-order valence-corrected chi connectivity index (χ4v) is 1.76. The Bertz CT molecular complexity index is 405. The van der Waals surface area contributed by atoms with Crippen LogP contribution >= 0.6 is 11.6 Å². The Morgan fingerprint density at radius 2 is 2.06 bits per heavy atom. The fourth-order valence-electron chi connectivity index (χ4n) is 1.64. The molecule has 0 heterocycles. The van der Waals surface area contributed by atoms with Gasteiger partial charge >= 0.3 is 0 Å². The summed E-state index contributed by atoms with van der Waals surface area (Å²) in [6.45, 7) is 6.85. The van der Waals surface area contributed by atoms with E-state index < -0.39 is 0 Å². The quantitative estimate of drug-likeness (QED) is 0.781. The van der Waals surface area contributed by atoms with Crippen LogP contribution < -0.4 is 11.1 Å². The molecule has 0 atom stereocenters. The summed E-state index contributed by atoms with van der Waals surface area (Å²) in [5.74, 6) is -0.0105. The fraction of sp³-hybridized carbons (Fsp3) is 0.462. The van der Waals surface area contributed by atoms with E-state index >= 15 is 0 Å². The van der Waals surface area contributed by atoms with Gasteiger partial charge in [0.2, 0.25) is 5.91 Å². The summed E-state index contributed by atoms with van der Waals surface area (Å²) in [4.78, 5) is 13.9. The molecule has 0 saturated heterocycles. The van der Waals surface area contributed by atoms with Crippen LogP contribution in [0.1, 0.15) is 20.3 Å². The van der Waals surface area contributed by atoms with Gasteiger partial charge in [-0.25, -0.2) is 0 Å². The Balaban J connectivity index is 2.46. The molecule has 0 aromatic heterocycles. The minimum Gasteiger partial charge on any atom is -0.397 e. The molecule has 0 saturated carbocycles. The lowest BCUT2D eigenvalue weighted by molar-refractivity contribution is -0.116. The SMILES string of the molecule is CCN(CC)CCC(=O)Nc1ccc(Cl)c(N)c1. The standard InChI is InChI=1S/C13H20ClN3O/c1-3-17(4-2)8-7-13(18)16-10-5-6-11(14)12(15)9-10/h5-6,9H,3-4,7-8,15H2,1-2H3,(H,16,18). The molecule has 3 N–H and O–H groups in total. The number of nitrogens with two attached hydrogens (primary N) is 1. The number of nitrogens with zero attached hydrogens (tertiary/aromatic N) is 1. The van der Waals surface area contributed by atoms with Gasteiger partial charge in [0.15, 0.2) is 0 Å². The van der Waals surface area contributed by atoms with Gasteiger partial charge < -0.3 is 16.0 Å². The topological polar surface area (TPSA) is 58.4 Å². The molecule has 1 rings (SSSR count). The van der Waals surface area contributed by atoms with Crippen LogP contribution in [0.5, 0.6) is 0 Å². The highest BCUT2D eigenvalue weighted by Crippen LogP contribution is 2.22. The second-order valence-electron chi connectivity index (χ2n) is 4.06. The molecule has 0 radical (unpaired) electrons. The van der Waals surface area contributed by atoms with Gasteiger partial charge in [-0.05, 0) is 31.3 Å². The van der Waals surface area contributed by atoms with Gasteiger partial charge in [-0.15, -0.1) is 0 Å². The molecular weight excluding hydrogens is 250 g/mol. The molecule has 0 fully saturated rings. The molecule has 5 heteroatoms. The van der Waals surface area contributed by atoms with Crippen molar-refractivity contribution in [2.24, 2.45) is 0 Å². The zero-order chi connectivity index (χ0) is 13.5. The van der Waals surface area contributed by atoms with Crippen molar-refractivity contribution in [3.8, 4) is 0 Å². The van der Waals surface area contributed by atoms with E-state index in [4.69, 9.17) is 17.3 Å². The molecule has 1 amide bonds. The predicted octanol–water partition coefficient (Wildman–Crippen LogP) is 2.59. The lowest BCUT2D eigenvalue weighted by atomic mass is 10.2. The molecule has 0 bridgehead atoms. The van der Waals surface area contributed by atoms with Crippen molar-refractivity contribution in [3.05, 3.63) is 23.2 Å². The van der Waals surface area contributed by atoms with Crippen LogP contribution in [0, 0.1) is 0 Å². The van der Waals surface area contributed by atoms with Crippen LogP contribution in [-0.4, -0.2) is 30.4 Å². The summed E-state index contributed by atoms with van der Waals surface area (Å²) in [6.07, 6.45) is 0.476. The van der Waals surface area contributed by atoms with Gasteiger partial charge in [0.1, 0.15) is 0 Å². The van der Waals surface area contributed by atoms with Crippen LogP contribution in [-0.2, 0) is 4.79 Å². The smallest absolute Gasteiger partial charge is 0.225 e. The molecule has 18 heavy (non-hydrogen) atoms. The van der Waals surface area contributed by atoms with Crippen molar-refractivity contribution in [3.63, 3.8) is 0 Å². The largest absolute Gasteiger partial charge is 0.397 e. The molecule has 0 aliphatic carbocycles. The Kier molecular flexibility index (Phi) is 5.95. The summed E-state index contributed by atoms with van der Waals surface area (Å²) in [7, 11) is 0. The van der Waals surface area contributed by atoms with Gasteiger partial charge in [-0.3, -0.25) is 4.79 Å². The molecule has 100 valence electrons. The predicted molar refractivity (Wildman–Crippen MR) is 76.9 cm³/mol. The highest BCUT2D eigenvalue weighted by Gasteiger charge is 2.06. The lowest BCUT2D eigenvalue weighted by Crippen LogP contribution is -2.27. The minimum atomic E-state index is -0.0105. The third-order valence-corrected chi connectivity index (χ3v) is 3.17. The zero-order valence-corrected chi connectivity index (χ0v) is 11.6. The van der Waals surface area contributed by atoms with E-state index in [2.05, 4.69) is 24.1 Å². The number of nitrogen functional groups attached to an aromatic ring is 1. The maximum atomic E-state index is 11.7. The van der Waals surface area contributed by atoms with E-state index in [1.807, 2.05) is 0 Å². The normalized spacial score (nSPS) is 10.7. The number of amides is 1. The summed E-state index contributed by atoms with van der Waals surface area (Å²) in [5, 5.41) is 3.31. The second kappa shape index (κ2) is 7.24. The summed E-state index contributed by atoms with van der Waals surface area (Å²) < 4.78 is 0. The van der Waals surface area contributed by atoms with E-state index in [1.54, 1.807) is 18.2 Å². The van der Waals surface area contributed by atoms with Crippen molar-refractivity contribution in [2.45, 2.75) is 20.3 Å². The minimum absolute atomic E-state index is 0.0105. The third-order valence-electron chi connectivity index (χ3n) is 2.83. The average Bonchev–Trinajstić information content (AvgIpc) is 2.35. The lowest BCUT2D eigenvalue weighted by Gasteiger charge is -2.17. The van der Waals surface area contributed by atoms with E-state index in [0.29, 0.717) is 22.8 Å². The number of halogens is 1. The monoisotopic (exact) mass is 269 g/mol. The van der Waals surface area contributed by atoms with Crippen LogP contribution in [0.4, 0.5) is 11.4 Å². The van der Waals surface area contributed by atoms with E-state index in [1.165, 1.54) is 0 Å². The van der Waals surface area contributed by atoms with Gasteiger partial charge in [0, 0.05) is 18.7 Å². The summed E-state index contributed by atoms with van der Waals surface area (Å²) in [5.41, 5.74) is 6.82. The average molecular weight is 270 g/mol. The van der Waals surface area contributed by atoms with E-state index in [-0.39, 0.29) is 5.91 Å². The van der Waals surface area contributed by atoms with Gasteiger partial charge in [0.05, 0.1) is 10.7 Å². The van der Waals surface area contributed by atoms with Crippen LogP contribution in [0.25, 0.3) is 0 Å². The first-order valence-electron chi connectivity index (χ1n) is 6.14. The van der Waals surface area contributed by atoms with Gasteiger partial charge in [-0.2, -0.15) is 0 Å². The number of carbonyl (C=O) groups excluding carboxylic acids is 1. The summed E-state index contributed by atoms with van der Waals surface area (Å²) >= 11 is 5.81. The molecule has 1 aromatic carbocycles. The first-order valence-corrected chi connectivity index (χ1v) is 6.51.